The second kappa shape index (κ2) is 6.56. The van der Waals surface area contributed by atoms with Gasteiger partial charge in [0.25, 0.3) is 5.91 Å². The number of halogens is 1. The highest BCUT2D eigenvalue weighted by Crippen LogP contribution is 2.21. The van der Waals surface area contributed by atoms with Crippen molar-refractivity contribution in [2.45, 2.75) is 11.8 Å². The van der Waals surface area contributed by atoms with Gasteiger partial charge in [-0.1, -0.05) is 29.4 Å². The van der Waals surface area contributed by atoms with Crippen molar-refractivity contribution in [3.63, 3.8) is 0 Å². The quantitative estimate of drug-likeness (QED) is 0.715. The molecule has 1 amide bonds. The van der Waals surface area contributed by atoms with Crippen LogP contribution in [0.25, 0.3) is 11.4 Å². The fraction of sp³-hybridized carbons (Fsp3) is 0.118. The molecular formula is C17H14FN3O3S. The fourth-order valence-electron chi connectivity index (χ4n) is 2.18. The zero-order valence-corrected chi connectivity index (χ0v) is 14.3. The molecule has 2 aromatic carbocycles. The molecule has 0 saturated carbocycles. The number of nitrogens with zero attached hydrogens (tertiary/aromatic N) is 3. The first kappa shape index (κ1) is 17.0. The van der Waals surface area contributed by atoms with Gasteiger partial charge in [0.15, 0.2) is 0 Å². The summed E-state index contributed by atoms with van der Waals surface area (Å²) in [5, 5.41) is 3.69. The molecule has 1 aromatic heterocycles. The lowest BCUT2D eigenvalue weighted by Crippen LogP contribution is -2.05. The summed E-state index contributed by atoms with van der Waals surface area (Å²) < 4.78 is 35.5. The molecule has 1 heterocycles. The molecule has 3 rings (SSSR count). The van der Waals surface area contributed by atoms with Gasteiger partial charge in [0.2, 0.25) is 11.7 Å². The number of rotatable bonds is 3. The largest absolute Gasteiger partial charge is 0.339 e. The molecule has 128 valence electrons. The van der Waals surface area contributed by atoms with Gasteiger partial charge in [-0.25, -0.2) is 8.60 Å². The maximum atomic E-state index is 14.3. The fourth-order valence-corrected chi connectivity index (χ4v) is 3.36. The number of carbonyl (C=O) groups is 1. The van der Waals surface area contributed by atoms with Crippen LogP contribution in [-0.2, 0) is 9.73 Å². The van der Waals surface area contributed by atoms with Crippen molar-refractivity contribution in [1.29, 1.82) is 0 Å². The van der Waals surface area contributed by atoms with E-state index in [-0.39, 0.29) is 11.4 Å². The van der Waals surface area contributed by atoms with Crippen LogP contribution in [0.3, 0.4) is 0 Å². The van der Waals surface area contributed by atoms with Crippen molar-refractivity contribution in [1.82, 2.24) is 10.1 Å². The minimum atomic E-state index is -2.96. The zero-order chi connectivity index (χ0) is 18.0. The average Bonchev–Trinajstić information content (AvgIpc) is 3.01. The standard InChI is InChI=1S/C17H14FN3O3S/c1-11-19-16(20-24-11)12-8-9-14(15(18)10-12)17(22)21-25(2,23)13-6-4-3-5-7-13/h3-10H,1-2H3. The normalized spacial score (nSPS) is 13.2. The molecule has 0 saturated heterocycles. The van der Waals surface area contributed by atoms with Gasteiger partial charge >= 0.3 is 0 Å². The monoisotopic (exact) mass is 359 g/mol. The highest BCUT2D eigenvalue weighted by Gasteiger charge is 2.17. The number of amides is 1. The minimum Gasteiger partial charge on any atom is -0.339 e. The third kappa shape index (κ3) is 3.63. The van der Waals surface area contributed by atoms with Gasteiger partial charge in [0, 0.05) is 23.6 Å². The van der Waals surface area contributed by atoms with E-state index in [0.717, 1.165) is 6.07 Å². The Bertz CT molecular complexity index is 1050. The second-order valence-electron chi connectivity index (χ2n) is 5.34. The summed E-state index contributed by atoms with van der Waals surface area (Å²) in [6.45, 7) is 1.62. The molecule has 0 aliphatic rings. The molecule has 1 unspecified atom stereocenters. The van der Waals surface area contributed by atoms with Gasteiger partial charge in [-0.3, -0.25) is 4.79 Å². The van der Waals surface area contributed by atoms with Crippen molar-refractivity contribution < 1.29 is 17.9 Å². The van der Waals surface area contributed by atoms with Gasteiger partial charge < -0.3 is 4.52 Å². The number of aryl methyl sites for hydroxylation is 1. The first-order valence-corrected chi connectivity index (χ1v) is 9.21. The molecule has 25 heavy (non-hydrogen) atoms. The summed E-state index contributed by atoms with van der Waals surface area (Å²) in [5.74, 6) is -1.11. The Morgan fingerprint density at radius 1 is 1.20 bits per heavy atom. The zero-order valence-electron chi connectivity index (χ0n) is 13.5. The van der Waals surface area contributed by atoms with Crippen LogP contribution in [0.4, 0.5) is 4.39 Å². The van der Waals surface area contributed by atoms with Crippen molar-refractivity contribution in [3.05, 3.63) is 65.8 Å². The van der Waals surface area contributed by atoms with Gasteiger partial charge in [-0.05, 0) is 24.3 Å². The highest BCUT2D eigenvalue weighted by atomic mass is 32.2. The van der Waals surface area contributed by atoms with Crippen LogP contribution >= 0.6 is 0 Å². The predicted octanol–water partition coefficient (Wildman–Crippen LogP) is 3.48. The molecule has 1 atom stereocenters. The smallest absolute Gasteiger partial charge is 0.288 e. The Labute approximate surface area is 143 Å². The van der Waals surface area contributed by atoms with Crippen LogP contribution in [0.1, 0.15) is 16.2 Å². The van der Waals surface area contributed by atoms with Gasteiger partial charge in [-0.2, -0.15) is 9.35 Å². The number of benzene rings is 2. The van der Waals surface area contributed by atoms with E-state index in [1.54, 1.807) is 37.3 Å². The van der Waals surface area contributed by atoms with E-state index in [9.17, 15) is 13.4 Å². The minimum absolute atomic E-state index is 0.218. The molecule has 0 bridgehead atoms. The Morgan fingerprint density at radius 2 is 1.92 bits per heavy atom. The van der Waals surface area contributed by atoms with E-state index in [1.807, 2.05) is 0 Å². The van der Waals surface area contributed by atoms with E-state index >= 15 is 0 Å². The lowest BCUT2D eigenvalue weighted by atomic mass is 10.1. The molecular weight excluding hydrogens is 345 g/mol. The van der Waals surface area contributed by atoms with Gasteiger partial charge in [-0.15, -0.1) is 0 Å². The van der Waals surface area contributed by atoms with Crippen LogP contribution in [0.2, 0.25) is 0 Å². The van der Waals surface area contributed by atoms with E-state index in [4.69, 9.17) is 4.52 Å². The van der Waals surface area contributed by atoms with E-state index in [1.165, 1.54) is 18.4 Å². The second-order valence-corrected chi connectivity index (χ2v) is 7.60. The summed E-state index contributed by atoms with van der Waals surface area (Å²) in [6.07, 6.45) is 1.34. The van der Waals surface area contributed by atoms with Crippen LogP contribution in [0, 0.1) is 12.7 Å². The van der Waals surface area contributed by atoms with E-state index in [2.05, 4.69) is 14.5 Å². The lowest BCUT2D eigenvalue weighted by Gasteiger charge is -2.05. The number of aromatic nitrogens is 2. The number of hydrogen-bond donors (Lipinski definition) is 0. The SMILES string of the molecule is Cc1nc(-c2ccc(C(=O)N=S(C)(=O)c3ccccc3)c(F)c2)no1. The van der Waals surface area contributed by atoms with Crippen molar-refractivity contribution in [3.8, 4) is 11.4 Å². The van der Waals surface area contributed by atoms with Crippen LogP contribution in [-0.4, -0.2) is 26.5 Å². The summed E-state index contributed by atoms with van der Waals surface area (Å²) in [6, 6.07) is 12.2. The summed E-state index contributed by atoms with van der Waals surface area (Å²) >= 11 is 0. The molecule has 0 N–H and O–H groups in total. The summed E-state index contributed by atoms with van der Waals surface area (Å²) in [7, 11) is -2.96. The molecule has 0 fully saturated rings. The maximum absolute atomic E-state index is 14.3. The third-order valence-corrected chi connectivity index (χ3v) is 5.08. The topological polar surface area (TPSA) is 85.4 Å². The van der Waals surface area contributed by atoms with Gasteiger partial charge in [0.05, 0.1) is 15.3 Å². The number of hydrogen-bond acceptors (Lipinski definition) is 5. The van der Waals surface area contributed by atoms with Crippen LogP contribution < -0.4 is 0 Å². The maximum Gasteiger partial charge on any atom is 0.288 e. The van der Waals surface area contributed by atoms with Crippen molar-refractivity contribution in [2.24, 2.45) is 4.36 Å². The predicted molar refractivity (Wildman–Crippen MR) is 90.0 cm³/mol. The molecule has 6 nitrogen and oxygen atoms in total. The van der Waals surface area contributed by atoms with Crippen LogP contribution in [0.15, 0.2) is 62.3 Å². The van der Waals surface area contributed by atoms with Crippen LogP contribution in [0.5, 0.6) is 0 Å². The number of carbonyl (C=O) groups excluding carboxylic acids is 1. The molecule has 3 aromatic rings. The Hall–Kier alpha value is -2.87. The Balaban J connectivity index is 1.95. The highest BCUT2D eigenvalue weighted by molar-refractivity contribution is 7.93. The van der Waals surface area contributed by atoms with E-state index in [0.29, 0.717) is 16.3 Å². The van der Waals surface area contributed by atoms with Gasteiger partial charge in [0.1, 0.15) is 5.82 Å². The molecule has 0 radical (unpaired) electrons. The lowest BCUT2D eigenvalue weighted by molar-refractivity contribution is 0.100. The molecule has 0 spiro atoms. The first-order chi connectivity index (χ1) is 11.9. The molecule has 8 heteroatoms. The summed E-state index contributed by atoms with van der Waals surface area (Å²) in [5.41, 5.74) is 0.0978. The first-order valence-electron chi connectivity index (χ1n) is 7.28. The molecule has 0 aliphatic heterocycles. The molecule has 0 aliphatic carbocycles. The Kier molecular flexibility index (Phi) is 4.45. The van der Waals surface area contributed by atoms with Crippen molar-refractivity contribution >= 4 is 15.6 Å². The van der Waals surface area contributed by atoms with E-state index < -0.39 is 21.5 Å². The third-order valence-electron chi connectivity index (χ3n) is 3.42. The van der Waals surface area contributed by atoms with Crippen molar-refractivity contribution in [2.75, 3.05) is 6.26 Å². The Morgan fingerprint density at radius 3 is 2.52 bits per heavy atom. The summed E-state index contributed by atoms with van der Waals surface area (Å²) in [4.78, 5) is 16.7. The average molecular weight is 359 g/mol.